The predicted molar refractivity (Wildman–Crippen MR) is 150 cm³/mol. The second kappa shape index (κ2) is 10.3. The van der Waals surface area contributed by atoms with E-state index in [0.29, 0.717) is 0 Å². The number of aryl methyl sites for hydroxylation is 4. The van der Waals surface area contributed by atoms with Crippen molar-refractivity contribution in [1.29, 1.82) is 0 Å². The largest absolute Gasteiger partial charge is 0.339 e. The fourth-order valence-corrected chi connectivity index (χ4v) is 4.23. The van der Waals surface area contributed by atoms with E-state index in [4.69, 9.17) is 9.97 Å². The summed E-state index contributed by atoms with van der Waals surface area (Å²) >= 11 is 0. The van der Waals surface area contributed by atoms with Crippen LogP contribution in [0, 0.1) is 27.7 Å². The maximum absolute atomic E-state index is 4.89. The van der Waals surface area contributed by atoms with Gasteiger partial charge < -0.3 is 10.6 Å². The standard InChI is InChI=1S/C28H26N4.2ClH/c1-17-9-7-11-21-19(3)15-25(31-27(17)21)29-23-13-5-6-14-24(23)30-26-16-20(4)22-12-8-10-18(2)28(22)32-26;;/h5-16H,1-4H3,(H,29,31)(H,30,32);2*1H. The topological polar surface area (TPSA) is 49.8 Å². The monoisotopic (exact) mass is 490 g/mol. The van der Waals surface area contributed by atoms with Gasteiger partial charge in [0.05, 0.1) is 22.4 Å². The van der Waals surface area contributed by atoms with Crippen LogP contribution in [0.3, 0.4) is 0 Å². The van der Waals surface area contributed by atoms with Crippen LogP contribution in [0.1, 0.15) is 22.3 Å². The molecule has 0 saturated carbocycles. The number of anilines is 4. The van der Waals surface area contributed by atoms with Gasteiger partial charge in [0.15, 0.2) is 0 Å². The van der Waals surface area contributed by atoms with Crippen molar-refractivity contribution < 1.29 is 0 Å². The Labute approximate surface area is 212 Å². The Morgan fingerprint density at radius 3 is 1.32 bits per heavy atom. The summed E-state index contributed by atoms with van der Waals surface area (Å²) in [5.41, 5.74) is 8.72. The van der Waals surface area contributed by atoms with Crippen LogP contribution in [0.25, 0.3) is 21.8 Å². The molecule has 3 aromatic carbocycles. The van der Waals surface area contributed by atoms with Crippen molar-refractivity contribution in [2.75, 3.05) is 10.6 Å². The number of para-hydroxylation sites is 4. The highest BCUT2D eigenvalue weighted by Gasteiger charge is 2.10. The van der Waals surface area contributed by atoms with Gasteiger partial charge in [-0.25, -0.2) is 9.97 Å². The molecule has 34 heavy (non-hydrogen) atoms. The molecule has 0 aliphatic heterocycles. The fraction of sp³-hybridized carbons (Fsp3) is 0.143. The Kier molecular flexibility index (Phi) is 7.65. The molecule has 2 aromatic heterocycles. The number of aromatic nitrogens is 2. The third-order valence-electron chi connectivity index (χ3n) is 5.95. The molecule has 0 radical (unpaired) electrons. The lowest BCUT2D eigenvalue weighted by Gasteiger charge is -2.16. The molecule has 174 valence electrons. The summed E-state index contributed by atoms with van der Waals surface area (Å²) in [4.78, 5) is 9.78. The highest BCUT2D eigenvalue weighted by molar-refractivity contribution is 5.89. The SMILES string of the molecule is Cc1cc(Nc2ccccc2Nc2cc(C)c3cccc(C)c3n2)nc2c(C)cccc12.Cl.Cl. The van der Waals surface area contributed by atoms with Gasteiger partial charge >= 0.3 is 0 Å². The van der Waals surface area contributed by atoms with Crippen LogP contribution in [0.15, 0.2) is 72.8 Å². The van der Waals surface area contributed by atoms with Crippen LogP contribution in [0.2, 0.25) is 0 Å². The third-order valence-corrected chi connectivity index (χ3v) is 5.95. The Morgan fingerprint density at radius 1 is 0.500 bits per heavy atom. The second-order valence-electron chi connectivity index (χ2n) is 8.39. The number of hydrogen-bond acceptors (Lipinski definition) is 4. The van der Waals surface area contributed by atoms with E-state index < -0.39 is 0 Å². The van der Waals surface area contributed by atoms with Crippen LogP contribution in [-0.2, 0) is 0 Å². The van der Waals surface area contributed by atoms with Crippen LogP contribution < -0.4 is 10.6 Å². The number of halogens is 2. The molecule has 2 N–H and O–H groups in total. The molecule has 0 unspecified atom stereocenters. The zero-order valence-corrected chi connectivity index (χ0v) is 21.3. The van der Waals surface area contributed by atoms with Crippen molar-refractivity contribution in [2.24, 2.45) is 0 Å². The van der Waals surface area contributed by atoms with E-state index in [9.17, 15) is 0 Å². The number of nitrogens with one attached hydrogen (secondary N) is 2. The summed E-state index contributed by atoms with van der Waals surface area (Å²) in [5, 5.41) is 9.41. The molecule has 0 amide bonds. The minimum absolute atomic E-state index is 0. The maximum atomic E-state index is 4.89. The Morgan fingerprint density at radius 2 is 0.912 bits per heavy atom. The zero-order valence-electron chi connectivity index (χ0n) is 19.6. The first-order valence-corrected chi connectivity index (χ1v) is 10.9. The number of hydrogen-bond donors (Lipinski definition) is 2. The lowest BCUT2D eigenvalue weighted by molar-refractivity contribution is 1.30. The van der Waals surface area contributed by atoms with Crippen molar-refractivity contribution in [1.82, 2.24) is 9.97 Å². The average molecular weight is 491 g/mol. The third kappa shape index (κ3) is 4.79. The molecule has 4 nitrogen and oxygen atoms in total. The smallest absolute Gasteiger partial charge is 0.131 e. The molecule has 0 spiro atoms. The number of fused-ring (bicyclic) bond motifs is 2. The molecule has 0 aliphatic rings. The Bertz CT molecular complexity index is 1370. The van der Waals surface area contributed by atoms with Crippen LogP contribution >= 0.6 is 24.8 Å². The summed E-state index contributed by atoms with van der Waals surface area (Å²) in [5.74, 6) is 1.66. The Balaban J connectivity index is 0.00000162. The average Bonchev–Trinajstić information content (AvgIpc) is 2.77. The number of nitrogens with zero attached hydrogens (tertiary/aromatic N) is 2. The van der Waals surface area contributed by atoms with E-state index >= 15 is 0 Å². The fourth-order valence-electron chi connectivity index (χ4n) is 4.23. The summed E-state index contributed by atoms with van der Waals surface area (Å²) in [7, 11) is 0. The molecule has 6 heteroatoms. The summed E-state index contributed by atoms with van der Waals surface area (Å²) < 4.78 is 0. The van der Waals surface area contributed by atoms with E-state index in [1.165, 1.54) is 33.0 Å². The molecular weight excluding hydrogens is 463 g/mol. The van der Waals surface area contributed by atoms with Crippen molar-refractivity contribution in [3.8, 4) is 0 Å². The minimum Gasteiger partial charge on any atom is -0.339 e. The van der Waals surface area contributed by atoms with Gasteiger partial charge in [-0.15, -0.1) is 24.8 Å². The van der Waals surface area contributed by atoms with Crippen LogP contribution in [-0.4, -0.2) is 9.97 Å². The molecule has 0 bridgehead atoms. The Hall–Kier alpha value is -3.34. The van der Waals surface area contributed by atoms with Gasteiger partial charge in [0, 0.05) is 10.8 Å². The number of pyridine rings is 2. The summed E-state index contributed by atoms with van der Waals surface area (Å²) in [6, 6.07) is 25.0. The van der Waals surface area contributed by atoms with Gasteiger partial charge in [0.1, 0.15) is 11.6 Å². The van der Waals surface area contributed by atoms with Gasteiger partial charge in [-0.1, -0.05) is 48.5 Å². The molecule has 0 atom stereocenters. The highest BCUT2D eigenvalue weighted by atomic mass is 35.5. The maximum Gasteiger partial charge on any atom is 0.131 e. The van der Waals surface area contributed by atoms with Gasteiger partial charge in [0.2, 0.25) is 0 Å². The van der Waals surface area contributed by atoms with E-state index in [0.717, 1.165) is 34.0 Å². The van der Waals surface area contributed by atoms with E-state index in [1.54, 1.807) is 0 Å². The van der Waals surface area contributed by atoms with Crippen molar-refractivity contribution >= 4 is 69.6 Å². The van der Waals surface area contributed by atoms with Gasteiger partial charge in [-0.2, -0.15) is 0 Å². The normalized spacial score (nSPS) is 10.5. The second-order valence-corrected chi connectivity index (χ2v) is 8.39. The van der Waals surface area contributed by atoms with Crippen molar-refractivity contribution in [2.45, 2.75) is 27.7 Å². The summed E-state index contributed by atoms with van der Waals surface area (Å²) in [6.45, 7) is 8.46. The van der Waals surface area contributed by atoms with E-state index in [1.807, 2.05) is 12.1 Å². The number of benzene rings is 3. The van der Waals surface area contributed by atoms with E-state index in [-0.39, 0.29) is 24.8 Å². The molecule has 0 fully saturated rings. The highest BCUT2D eigenvalue weighted by Crippen LogP contribution is 2.31. The minimum atomic E-state index is 0. The molecule has 2 heterocycles. The zero-order chi connectivity index (χ0) is 22.2. The van der Waals surface area contributed by atoms with Crippen molar-refractivity contribution in [3.05, 3.63) is 95.1 Å². The molecule has 0 aliphatic carbocycles. The molecular formula is C28H28Cl2N4. The number of rotatable bonds is 4. The lowest BCUT2D eigenvalue weighted by atomic mass is 10.1. The molecule has 0 saturated heterocycles. The van der Waals surface area contributed by atoms with E-state index in [2.05, 4.69) is 99.0 Å². The van der Waals surface area contributed by atoms with Crippen LogP contribution in [0.5, 0.6) is 0 Å². The molecule has 5 aromatic rings. The van der Waals surface area contributed by atoms with Gasteiger partial charge in [-0.3, -0.25) is 0 Å². The van der Waals surface area contributed by atoms with Crippen LogP contribution in [0.4, 0.5) is 23.0 Å². The predicted octanol–water partition coefficient (Wildman–Crippen LogP) is 8.35. The quantitative estimate of drug-likeness (QED) is 0.265. The molecule has 5 rings (SSSR count). The summed E-state index contributed by atoms with van der Waals surface area (Å²) in [6.07, 6.45) is 0. The first kappa shape index (κ1) is 25.3. The lowest BCUT2D eigenvalue weighted by Crippen LogP contribution is -2.02. The van der Waals surface area contributed by atoms with Gasteiger partial charge in [-0.05, 0) is 74.2 Å². The van der Waals surface area contributed by atoms with Crippen molar-refractivity contribution in [3.63, 3.8) is 0 Å². The first-order chi connectivity index (χ1) is 15.5. The van der Waals surface area contributed by atoms with Gasteiger partial charge in [0.25, 0.3) is 0 Å². The first-order valence-electron chi connectivity index (χ1n) is 10.9.